The van der Waals surface area contributed by atoms with Gasteiger partial charge in [-0.25, -0.2) is 4.79 Å². The Kier molecular flexibility index (Phi) is 15.9. The molecule has 1 aromatic carbocycles. The lowest BCUT2D eigenvalue weighted by Crippen LogP contribution is -2.78. The van der Waals surface area contributed by atoms with Crippen molar-refractivity contribution in [3.05, 3.63) is 55.1 Å². The van der Waals surface area contributed by atoms with Gasteiger partial charge in [-0.05, 0) is 37.0 Å². The van der Waals surface area contributed by atoms with E-state index in [1.165, 1.54) is 20.1 Å². The van der Waals surface area contributed by atoms with Gasteiger partial charge in [0, 0.05) is 13.3 Å². The zero-order chi connectivity index (χ0) is 29.9. The van der Waals surface area contributed by atoms with Crippen LogP contribution in [0.1, 0.15) is 44.6 Å². The summed E-state index contributed by atoms with van der Waals surface area (Å²) in [6.45, 7) is 9.46. The lowest BCUT2D eigenvalue weighted by molar-refractivity contribution is -0.459. The van der Waals surface area contributed by atoms with E-state index in [0.717, 1.165) is 18.4 Å². The number of nitrogens with two attached hydrogens (primary N) is 2. The first-order chi connectivity index (χ1) is 19.1. The van der Waals surface area contributed by atoms with Crippen molar-refractivity contribution in [3.8, 4) is 5.75 Å². The van der Waals surface area contributed by atoms with Crippen LogP contribution in [0.4, 0.5) is 0 Å². The predicted octanol–water partition coefficient (Wildman–Crippen LogP) is -1.07. The van der Waals surface area contributed by atoms with Gasteiger partial charge in [0.2, 0.25) is 17.7 Å². The molecule has 1 aromatic rings. The number of hydrogen-bond donors (Lipinski definition) is 6. The highest BCUT2D eigenvalue weighted by Crippen LogP contribution is 2.14. The summed E-state index contributed by atoms with van der Waals surface area (Å²) in [6, 6.07) is 4.25. The van der Waals surface area contributed by atoms with Gasteiger partial charge in [-0.2, -0.15) is 0 Å². The third kappa shape index (κ3) is 13.4. The standard InChI is InChI=1S/C28H42N6O6/c1-5-10-23(27(38)39-4)34-25(36)22(11-8-7-9-16-31-28(29)30)33-26(37)24(32-19(3)35)18-20-12-14-21(15-13-20)40-17-6-2/h5-6,12-15,22-24H,1-2,7-11,16-18H2,3-4H3,(H,32,35)(H,33,37)(H,34,36)(H4,29,30,31)/p+1/t22-,23-,24-/m0/s1. The number of unbranched alkanes of at least 4 members (excludes halogenated alkanes) is 2. The first-order valence-electron chi connectivity index (χ1n) is 13.1. The number of esters is 1. The Morgan fingerprint density at radius 1 is 0.925 bits per heavy atom. The van der Waals surface area contributed by atoms with Crippen LogP contribution in [0.3, 0.4) is 0 Å². The highest BCUT2D eigenvalue weighted by Gasteiger charge is 2.29. The van der Waals surface area contributed by atoms with Crippen molar-refractivity contribution < 1.29 is 33.6 Å². The monoisotopic (exact) mass is 559 g/mol. The minimum Gasteiger partial charge on any atom is -0.490 e. The molecule has 0 fully saturated rings. The smallest absolute Gasteiger partial charge is 0.338 e. The topological polar surface area (TPSA) is 189 Å². The molecule has 12 nitrogen and oxygen atoms in total. The first kappa shape index (κ1) is 33.7. The van der Waals surface area contributed by atoms with Gasteiger partial charge in [-0.3, -0.25) is 30.8 Å². The molecule has 0 saturated carbocycles. The third-order valence-corrected chi connectivity index (χ3v) is 5.76. The summed E-state index contributed by atoms with van der Waals surface area (Å²) in [6.07, 6.45) is 5.81. The average Bonchev–Trinajstić information content (AvgIpc) is 2.92. The Labute approximate surface area is 235 Å². The van der Waals surface area contributed by atoms with Crippen molar-refractivity contribution in [2.45, 2.75) is 63.6 Å². The molecule has 0 saturated heterocycles. The lowest BCUT2D eigenvalue weighted by atomic mass is 10.0. The summed E-state index contributed by atoms with van der Waals surface area (Å²) in [7, 11) is 1.22. The average molecular weight is 560 g/mol. The van der Waals surface area contributed by atoms with E-state index in [1.54, 1.807) is 30.3 Å². The van der Waals surface area contributed by atoms with Crippen LogP contribution < -0.4 is 37.1 Å². The van der Waals surface area contributed by atoms with Crippen molar-refractivity contribution in [3.63, 3.8) is 0 Å². The van der Waals surface area contributed by atoms with Crippen LogP contribution in [0, 0.1) is 0 Å². The summed E-state index contributed by atoms with van der Waals surface area (Å²) >= 11 is 0. The van der Waals surface area contributed by atoms with E-state index < -0.39 is 41.8 Å². The van der Waals surface area contributed by atoms with Crippen LogP contribution >= 0.6 is 0 Å². The van der Waals surface area contributed by atoms with E-state index >= 15 is 0 Å². The maximum Gasteiger partial charge on any atom is 0.338 e. The number of ether oxygens (including phenoxy) is 2. The van der Waals surface area contributed by atoms with Gasteiger partial charge in [-0.15, -0.1) is 6.58 Å². The van der Waals surface area contributed by atoms with Crippen LogP contribution in [0.15, 0.2) is 49.6 Å². The maximum atomic E-state index is 13.3. The molecule has 40 heavy (non-hydrogen) atoms. The van der Waals surface area contributed by atoms with Crippen molar-refractivity contribution in [2.75, 3.05) is 20.3 Å². The van der Waals surface area contributed by atoms with E-state index in [2.05, 4.69) is 34.1 Å². The van der Waals surface area contributed by atoms with E-state index in [-0.39, 0.29) is 18.8 Å². The van der Waals surface area contributed by atoms with E-state index in [0.29, 0.717) is 31.7 Å². The van der Waals surface area contributed by atoms with Gasteiger partial charge in [0.1, 0.15) is 30.5 Å². The highest BCUT2D eigenvalue weighted by molar-refractivity contribution is 5.93. The number of methoxy groups -OCH3 is 1. The van der Waals surface area contributed by atoms with Crippen LogP contribution in [0.2, 0.25) is 0 Å². The molecule has 0 aliphatic heterocycles. The Morgan fingerprint density at radius 3 is 2.15 bits per heavy atom. The van der Waals surface area contributed by atoms with Crippen molar-refractivity contribution in [2.24, 2.45) is 11.5 Å². The lowest BCUT2D eigenvalue weighted by Gasteiger charge is -2.24. The zero-order valence-corrected chi connectivity index (χ0v) is 23.4. The van der Waals surface area contributed by atoms with Gasteiger partial charge < -0.3 is 25.4 Å². The number of guanidine groups is 1. The maximum absolute atomic E-state index is 13.3. The second-order valence-corrected chi connectivity index (χ2v) is 9.10. The van der Waals surface area contributed by atoms with Crippen molar-refractivity contribution >= 4 is 29.7 Å². The zero-order valence-electron chi connectivity index (χ0n) is 23.4. The van der Waals surface area contributed by atoms with Gasteiger partial charge in [0.25, 0.3) is 0 Å². The molecular formula is C28H43N6O6+. The van der Waals surface area contributed by atoms with Gasteiger partial charge >= 0.3 is 11.9 Å². The number of amides is 3. The SMILES string of the molecule is C=CCOc1ccc(C[C@H](NC(C)=O)C(=O)N[C@@H](CCCCC[NH+]=C(N)N)C(=O)N[C@@H](CC=C)C(=O)OC)cc1. The number of carbonyl (C=O) groups excluding carboxylic acids is 4. The molecule has 3 amide bonds. The van der Waals surface area contributed by atoms with Gasteiger partial charge in [0.15, 0.2) is 0 Å². The summed E-state index contributed by atoms with van der Waals surface area (Å²) < 4.78 is 10.3. The van der Waals surface area contributed by atoms with Crippen LogP contribution in [0.25, 0.3) is 0 Å². The Balaban J connectivity index is 3.02. The van der Waals surface area contributed by atoms with E-state index in [4.69, 9.17) is 20.9 Å². The Morgan fingerprint density at radius 2 is 1.57 bits per heavy atom. The Bertz CT molecular complexity index is 1020. The molecule has 0 unspecified atom stereocenters. The van der Waals surface area contributed by atoms with Gasteiger partial charge in [-0.1, -0.05) is 43.7 Å². The minimum absolute atomic E-state index is 0.128. The molecule has 0 aliphatic rings. The fourth-order valence-corrected chi connectivity index (χ4v) is 3.79. The largest absolute Gasteiger partial charge is 0.490 e. The molecule has 0 radical (unpaired) electrons. The fraction of sp³-hybridized carbons (Fsp3) is 0.464. The molecule has 8 N–H and O–H groups in total. The molecule has 220 valence electrons. The molecule has 0 aliphatic carbocycles. The van der Waals surface area contributed by atoms with E-state index in [1.807, 2.05) is 0 Å². The minimum atomic E-state index is -0.963. The number of nitrogens with one attached hydrogen (secondary N) is 4. The van der Waals surface area contributed by atoms with Gasteiger partial charge in [0.05, 0.1) is 13.7 Å². The number of benzene rings is 1. The predicted molar refractivity (Wildman–Crippen MR) is 152 cm³/mol. The summed E-state index contributed by atoms with van der Waals surface area (Å²) in [5.74, 6) is -1.34. The van der Waals surface area contributed by atoms with Crippen LogP contribution in [-0.2, 0) is 30.3 Å². The number of hydrogen-bond acceptors (Lipinski definition) is 6. The second-order valence-electron chi connectivity index (χ2n) is 9.10. The highest BCUT2D eigenvalue weighted by atomic mass is 16.5. The van der Waals surface area contributed by atoms with Crippen molar-refractivity contribution in [1.29, 1.82) is 0 Å². The van der Waals surface area contributed by atoms with E-state index in [9.17, 15) is 19.2 Å². The molecule has 12 heteroatoms. The summed E-state index contributed by atoms with van der Waals surface area (Å²) in [5, 5.41) is 8.05. The molecule has 0 aromatic heterocycles. The third-order valence-electron chi connectivity index (χ3n) is 5.76. The summed E-state index contributed by atoms with van der Waals surface area (Å²) in [4.78, 5) is 53.4. The second kappa shape index (κ2) is 18.8. The molecule has 0 heterocycles. The quantitative estimate of drug-likeness (QED) is 0.0406. The fourth-order valence-electron chi connectivity index (χ4n) is 3.79. The summed E-state index contributed by atoms with van der Waals surface area (Å²) in [5.41, 5.74) is 11.6. The van der Waals surface area contributed by atoms with Crippen molar-refractivity contribution in [1.82, 2.24) is 16.0 Å². The molecule has 1 rings (SSSR count). The first-order valence-corrected chi connectivity index (χ1v) is 13.1. The molecule has 3 atom stereocenters. The molecule has 0 spiro atoms. The molecule has 0 bridgehead atoms. The molecular weight excluding hydrogens is 516 g/mol. The van der Waals surface area contributed by atoms with Crippen LogP contribution in [0.5, 0.6) is 5.75 Å². The number of carbonyl (C=O) groups is 4. The Hall–Kier alpha value is -4.35. The van der Waals surface area contributed by atoms with Crippen LogP contribution in [-0.4, -0.2) is 68.0 Å². The normalized spacial score (nSPS) is 12.6. The number of rotatable bonds is 19.